The van der Waals surface area contributed by atoms with E-state index in [1.807, 2.05) is 26.0 Å². The summed E-state index contributed by atoms with van der Waals surface area (Å²) in [6.45, 7) is 7.01. The van der Waals surface area contributed by atoms with Crippen LogP contribution in [0.1, 0.15) is 18.1 Å². The Morgan fingerprint density at radius 3 is 2.67 bits per heavy atom. The molecule has 82 valence electrons. The summed E-state index contributed by atoms with van der Waals surface area (Å²) in [6, 6.07) is 6.14. The zero-order valence-corrected chi connectivity index (χ0v) is 9.55. The molecule has 1 aromatic carbocycles. The lowest BCUT2D eigenvalue weighted by Crippen LogP contribution is -2.29. The van der Waals surface area contributed by atoms with Gasteiger partial charge in [0.15, 0.2) is 0 Å². The number of nitrogens with one attached hydrogen (secondary N) is 2. The second kappa shape index (κ2) is 5.39. The first-order chi connectivity index (χ1) is 7.13. The summed E-state index contributed by atoms with van der Waals surface area (Å²) in [5.41, 5.74) is 3.42. The van der Waals surface area contributed by atoms with Crippen LogP contribution in [0.2, 0.25) is 0 Å². The van der Waals surface area contributed by atoms with Gasteiger partial charge in [-0.2, -0.15) is 0 Å². The molecule has 0 spiro atoms. The topological polar surface area (TPSA) is 41.1 Å². The highest BCUT2D eigenvalue weighted by molar-refractivity contribution is 5.80. The van der Waals surface area contributed by atoms with Gasteiger partial charge in [-0.25, -0.2) is 0 Å². The van der Waals surface area contributed by atoms with Crippen LogP contribution >= 0.6 is 0 Å². The van der Waals surface area contributed by atoms with Crippen LogP contribution in [0.15, 0.2) is 18.2 Å². The molecule has 3 heteroatoms. The molecule has 0 bridgehead atoms. The predicted octanol–water partition coefficient (Wildman–Crippen LogP) is 1.85. The molecule has 1 aromatic rings. The number of likely N-dealkylation sites (N-methyl/N-ethyl adjacent to an activating group) is 1. The number of benzene rings is 1. The van der Waals surface area contributed by atoms with Gasteiger partial charge < -0.3 is 10.6 Å². The number of rotatable bonds is 4. The number of hydrogen-bond donors (Lipinski definition) is 2. The van der Waals surface area contributed by atoms with Gasteiger partial charge in [0.05, 0.1) is 6.54 Å². The van der Waals surface area contributed by atoms with Crippen molar-refractivity contribution in [2.45, 2.75) is 20.8 Å². The zero-order chi connectivity index (χ0) is 11.3. The lowest BCUT2D eigenvalue weighted by molar-refractivity contribution is -0.119. The number of aryl methyl sites for hydroxylation is 2. The third-order valence-electron chi connectivity index (χ3n) is 2.20. The predicted molar refractivity (Wildman–Crippen MR) is 63.1 cm³/mol. The zero-order valence-electron chi connectivity index (χ0n) is 9.55. The largest absolute Gasteiger partial charge is 0.376 e. The third-order valence-corrected chi connectivity index (χ3v) is 2.20. The SMILES string of the molecule is CCNC(=O)CNc1ccc(C)cc1C. The van der Waals surface area contributed by atoms with Crippen LogP contribution in [0.25, 0.3) is 0 Å². The minimum atomic E-state index is 0.0254. The van der Waals surface area contributed by atoms with Gasteiger partial charge in [-0.3, -0.25) is 4.79 Å². The van der Waals surface area contributed by atoms with Gasteiger partial charge in [0, 0.05) is 12.2 Å². The van der Waals surface area contributed by atoms with E-state index in [-0.39, 0.29) is 5.91 Å². The number of carbonyl (C=O) groups excluding carboxylic acids is 1. The van der Waals surface area contributed by atoms with Crippen LogP contribution in [0.3, 0.4) is 0 Å². The molecule has 0 unspecified atom stereocenters. The van der Waals surface area contributed by atoms with Gasteiger partial charge in [0.1, 0.15) is 0 Å². The van der Waals surface area contributed by atoms with E-state index in [4.69, 9.17) is 0 Å². The monoisotopic (exact) mass is 206 g/mol. The molecule has 3 nitrogen and oxygen atoms in total. The molecule has 0 atom stereocenters. The van der Waals surface area contributed by atoms with Gasteiger partial charge in [0.25, 0.3) is 0 Å². The normalized spacial score (nSPS) is 9.80. The standard InChI is InChI=1S/C12H18N2O/c1-4-13-12(15)8-14-11-6-5-9(2)7-10(11)3/h5-7,14H,4,8H2,1-3H3,(H,13,15). The summed E-state index contributed by atoms with van der Waals surface area (Å²) in [5, 5.41) is 5.86. The van der Waals surface area contributed by atoms with Gasteiger partial charge in [0.2, 0.25) is 5.91 Å². The Bertz CT molecular complexity index is 347. The van der Waals surface area contributed by atoms with Crippen molar-refractivity contribution in [1.82, 2.24) is 5.32 Å². The number of carbonyl (C=O) groups is 1. The van der Waals surface area contributed by atoms with E-state index in [1.54, 1.807) is 0 Å². The Kier molecular flexibility index (Phi) is 4.16. The molecule has 0 saturated heterocycles. The first kappa shape index (κ1) is 11.6. The van der Waals surface area contributed by atoms with Gasteiger partial charge in [-0.15, -0.1) is 0 Å². The van der Waals surface area contributed by atoms with Crippen LogP contribution in [0, 0.1) is 13.8 Å². The second-order valence-electron chi connectivity index (χ2n) is 3.63. The number of hydrogen-bond acceptors (Lipinski definition) is 2. The number of anilines is 1. The molecular formula is C12H18N2O. The molecule has 0 aromatic heterocycles. The van der Waals surface area contributed by atoms with Crippen molar-refractivity contribution in [3.05, 3.63) is 29.3 Å². The van der Waals surface area contributed by atoms with Crippen LogP contribution in [-0.2, 0) is 4.79 Å². The fraction of sp³-hybridized carbons (Fsp3) is 0.417. The molecule has 1 rings (SSSR count). The molecule has 0 fully saturated rings. The van der Waals surface area contributed by atoms with Crippen molar-refractivity contribution in [2.75, 3.05) is 18.4 Å². The maximum atomic E-state index is 11.2. The minimum Gasteiger partial charge on any atom is -0.376 e. The fourth-order valence-corrected chi connectivity index (χ4v) is 1.45. The average molecular weight is 206 g/mol. The molecule has 2 N–H and O–H groups in total. The fourth-order valence-electron chi connectivity index (χ4n) is 1.45. The van der Waals surface area contributed by atoms with E-state index >= 15 is 0 Å². The quantitative estimate of drug-likeness (QED) is 0.789. The third kappa shape index (κ3) is 3.62. The lowest BCUT2D eigenvalue weighted by Gasteiger charge is -2.09. The highest BCUT2D eigenvalue weighted by Gasteiger charge is 2.01. The summed E-state index contributed by atoms with van der Waals surface area (Å²) >= 11 is 0. The summed E-state index contributed by atoms with van der Waals surface area (Å²) < 4.78 is 0. The van der Waals surface area contributed by atoms with Gasteiger partial charge in [-0.1, -0.05) is 17.7 Å². The van der Waals surface area contributed by atoms with E-state index in [1.165, 1.54) is 11.1 Å². The van der Waals surface area contributed by atoms with E-state index in [0.29, 0.717) is 13.1 Å². The van der Waals surface area contributed by atoms with Crippen molar-refractivity contribution in [3.63, 3.8) is 0 Å². The summed E-state index contributed by atoms with van der Waals surface area (Å²) in [4.78, 5) is 11.2. The first-order valence-electron chi connectivity index (χ1n) is 5.21. The molecule has 0 aliphatic carbocycles. The lowest BCUT2D eigenvalue weighted by atomic mass is 10.1. The van der Waals surface area contributed by atoms with Gasteiger partial charge >= 0.3 is 0 Å². The van der Waals surface area contributed by atoms with Crippen LogP contribution in [0.4, 0.5) is 5.69 Å². The highest BCUT2D eigenvalue weighted by atomic mass is 16.1. The molecule has 15 heavy (non-hydrogen) atoms. The Balaban J connectivity index is 2.54. The van der Waals surface area contributed by atoms with Gasteiger partial charge in [-0.05, 0) is 32.4 Å². The molecule has 0 aliphatic heterocycles. The number of amides is 1. The van der Waals surface area contributed by atoms with Crippen molar-refractivity contribution < 1.29 is 4.79 Å². The summed E-state index contributed by atoms with van der Waals surface area (Å²) in [6.07, 6.45) is 0. The Morgan fingerprint density at radius 1 is 1.33 bits per heavy atom. The van der Waals surface area contributed by atoms with Crippen LogP contribution in [0.5, 0.6) is 0 Å². The smallest absolute Gasteiger partial charge is 0.239 e. The summed E-state index contributed by atoms with van der Waals surface area (Å²) in [5.74, 6) is 0.0254. The maximum absolute atomic E-state index is 11.2. The second-order valence-corrected chi connectivity index (χ2v) is 3.63. The Labute approximate surface area is 90.9 Å². The minimum absolute atomic E-state index is 0.0254. The highest BCUT2D eigenvalue weighted by Crippen LogP contribution is 2.15. The Hall–Kier alpha value is -1.51. The van der Waals surface area contributed by atoms with E-state index in [9.17, 15) is 4.79 Å². The molecule has 0 saturated carbocycles. The molecule has 0 radical (unpaired) electrons. The van der Waals surface area contributed by atoms with Crippen LogP contribution < -0.4 is 10.6 Å². The summed E-state index contributed by atoms with van der Waals surface area (Å²) in [7, 11) is 0. The molecule has 0 heterocycles. The van der Waals surface area contributed by atoms with E-state index < -0.39 is 0 Å². The van der Waals surface area contributed by atoms with Crippen molar-refractivity contribution in [2.24, 2.45) is 0 Å². The van der Waals surface area contributed by atoms with Crippen molar-refractivity contribution in [1.29, 1.82) is 0 Å². The maximum Gasteiger partial charge on any atom is 0.239 e. The molecular weight excluding hydrogens is 188 g/mol. The van der Waals surface area contributed by atoms with Crippen molar-refractivity contribution >= 4 is 11.6 Å². The van der Waals surface area contributed by atoms with E-state index in [2.05, 4.69) is 23.6 Å². The van der Waals surface area contributed by atoms with Crippen molar-refractivity contribution in [3.8, 4) is 0 Å². The molecule has 1 amide bonds. The Morgan fingerprint density at radius 2 is 2.07 bits per heavy atom. The van der Waals surface area contributed by atoms with E-state index in [0.717, 1.165) is 5.69 Å². The average Bonchev–Trinajstić information content (AvgIpc) is 2.17. The van der Waals surface area contributed by atoms with Crippen LogP contribution in [-0.4, -0.2) is 19.0 Å². The first-order valence-corrected chi connectivity index (χ1v) is 5.21. The molecule has 0 aliphatic rings.